The van der Waals surface area contributed by atoms with E-state index in [1.807, 2.05) is 24.3 Å². The zero-order valence-corrected chi connectivity index (χ0v) is 9.44. The van der Waals surface area contributed by atoms with E-state index in [1.54, 1.807) is 7.11 Å². The van der Waals surface area contributed by atoms with Gasteiger partial charge in [0, 0.05) is 12.3 Å². The molecule has 0 spiro atoms. The van der Waals surface area contributed by atoms with Crippen LogP contribution >= 0.6 is 0 Å². The first kappa shape index (κ1) is 11.1. The van der Waals surface area contributed by atoms with Crippen molar-refractivity contribution in [3.05, 3.63) is 29.8 Å². The number of carbonyl (C=O) groups is 1. The Bertz CT molecular complexity index is 356. The zero-order valence-electron chi connectivity index (χ0n) is 9.44. The highest BCUT2D eigenvalue weighted by Gasteiger charge is 2.22. The third-order valence-corrected chi connectivity index (χ3v) is 2.91. The van der Waals surface area contributed by atoms with Crippen molar-refractivity contribution < 1.29 is 14.3 Å². The minimum absolute atomic E-state index is 0.0298. The molecule has 3 heteroatoms. The Labute approximate surface area is 95.4 Å². The van der Waals surface area contributed by atoms with Crippen molar-refractivity contribution in [2.24, 2.45) is 5.92 Å². The molecule has 86 valence electrons. The average Bonchev–Trinajstić information content (AvgIpc) is 2.33. The molecule has 0 amide bonds. The summed E-state index contributed by atoms with van der Waals surface area (Å²) in [4.78, 5) is 11.6. The van der Waals surface area contributed by atoms with Crippen LogP contribution in [0.2, 0.25) is 0 Å². The molecule has 2 rings (SSSR count). The van der Waals surface area contributed by atoms with Crippen LogP contribution in [0.4, 0.5) is 0 Å². The Balaban J connectivity index is 1.99. The van der Waals surface area contributed by atoms with Crippen LogP contribution in [0.25, 0.3) is 0 Å². The summed E-state index contributed by atoms with van der Waals surface area (Å²) in [6.45, 7) is 1.14. The molecular weight excluding hydrogens is 204 g/mol. The summed E-state index contributed by atoms with van der Waals surface area (Å²) in [5.41, 5.74) is 1.16. The summed E-state index contributed by atoms with van der Waals surface area (Å²) in [5, 5.41) is 0. The van der Waals surface area contributed by atoms with Crippen LogP contribution in [-0.4, -0.2) is 26.1 Å². The predicted molar refractivity (Wildman–Crippen MR) is 60.6 cm³/mol. The number of Topliss-reactive ketones (excluding diaryl/α,β-unsaturated/α-hetero) is 1. The summed E-state index contributed by atoms with van der Waals surface area (Å²) < 4.78 is 10.4. The maximum Gasteiger partial charge on any atom is 0.140 e. The van der Waals surface area contributed by atoms with Gasteiger partial charge < -0.3 is 9.47 Å². The van der Waals surface area contributed by atoms with E-state index in [4.69, 9.17) is 9.47 Å². The van der Waals surface area contributed by atoms with E-state index in [1.165, 1.54) is 0 Å². The highest BCUT2D eigenvalue weighted by Crippen LogP contribution is 2.18. The molecule has 0 radical (unpaired) electrons. The van der Waals surface area contributed by atoms with Gasteiger partial charge in [0.25, 0.3) is 0 Å². The second-order valence-corrected chi connectivity index (χ2v) is 4.04. The fraction of sp³-hybridized carbons (Fsp3) is 0.462. The molecular formula is C13H16O3. The first-order valence-corrected chi connectivity index (χ1v) is 5.53. The van der Waals surface area contributed by atoms with Gasteiger partial charge in [0.15, 0.2) is 0 Å². The number of methoxy groups -OCH3 is 1. The molecule has 0 aromatic heterocycles. The lowest BCUT2D eigenvalue weighted by molar-refractivity contribution is -0.130. The van der Waals surface area contributed by atoms with Crippen LogP contribution in [-0.2, 0) is 16.0 Å². The van der Waals surface area contributed by atoms with E-state index >= 15 is 0 Å². The van der Waals surface area contributed by atoms with Crippen molar-refractivity contribution in [3.8, 4) is 5.75 Å². The van der Waals surface area contributed by atoms with Gasteiger partial charge in [-0.15, -0.1) is 0 Å². The number of hydrogen-bond donors (Lipinski definition) is 0. The maximum atomic E-state index is 11.6. The minimum Gasteiger partial charge on any atom is -0.497 e. The fourth-order valence-corrected chi connectivity index (χ4v) is 1.91. The second kappa shape index (κ2) is 5.12. The molecule has 3 nitrogen and oxygen atoms in total. The largest absolute Gasteiger partial charge is 0.497 e. The summed E-state index contributed by atoms with van der Waals surface area (Å²) in [5.74, 6) is 1.19. The summed E-state index contributed by atoms with van der Waals surface area (Å²) in [7, 11) is 1.65. The van der Waals surface area contributed by atoms with Crippen LogP contribution < -0.4 is 4.74 Å². The highest BCUT2D eigenvalue weighted by molar-refractivity contribution is 5.82. The molecule has 0 saturated carbocycles. The van der Waals surface area contributed by atoms with Gasteiger partial charge in [0.1, 0.15) is 11.5 Å². The predicted octanol–water partition coefficient (Wildman–Crippen LogP) is 1.84. The minimum atomic E-state index is 0.0298. The Morgan fingerprint density at radius 1 is 1.38 bits per heavy atom. The number of rotatable bonds is 3. The van der Waals surface area contributed by atoms with Crippen LogP contribution in [0, 0.1) is 5.92 Å². The van der Waals surface area contributed by atoms with Gasteiger partial charge in [0.05, 0.1) is 20.3 Å². The van der Waals surface area contributed by atoms with E-state index in [9.17, 15) is 4.79 Å². The Morgan fingerprint density at radius 3 is 2.75 bits per heavy atom. The monoisotopic (exact) mass is 220 g/mol. The van der Waals surface area contributed by atoms with Crippen LogP contribution in [0.3, 0.4) is 0 Å². The van der Waals surface area contributed by atoms with Crippen molar-refractivity contribution in [2.45, 2.75) is 12.8 Å². The molecule has 1 atom stereocenters. The van der Waals surface area contributed by atoms with E-state index in [0.29, 0.717) is 25.4 Å². The molecule has 0 N–H and O–H groups in total. The summed E-state index contributed by atoms with van der Waals surface area (Å²) in [6, 6.07) is 7.84. The third kappa shape index (κ3) is 2.61. The molecule has 1 aliphatic rings. The van der Waals surface area contributed by atoms with Gasteiger partial charge in [0.2, 0.25) is 0 Å². The van der Waals surface area contributed by atoms with Crippen molar-refractivity contribution in [2.75, 3.05) is 20.3 Å². The van der Waals surface area contributed by atoms with E-state index in [2.05, 4.69) is 0 Å². The van der Waals surface area contributed by atoms with Gasteiger partial charge in [-0.1, -0.05) is 12.1 Å². The fourth-order valence-electron chi connectivity index (χ4n) is 1.91. The second-order valence-electron chi connectivity index (χ2n) is 4.04. The van der Waals surface area contributed by atoms with Gasteiger partial charge in [-0.05, 0) is 24.1 Å². The molecule has 1 saturated heterocycles. The van der Waals surface area contributed by atoms with Gasteiger partial charge in [-0.2, -0.15) is 0 Å². The molecule has 0 bridgehead atoms. The van der Waals surface area contributed by atoms with E-state index in [-0.39, 0.29) is 5.92 Å². The third-order valence-electron chi connectivity index (χ3n) is 2.91. The van der Waals surface area contributed by atoms with Crippen molar-refractivity contribution >= 4 is 5.78 Å². The summed E-state index contributed by atoms with van der Waals surface area (Å²) >= 11 is 0. The molecule has 1 aromatic rings. The standard InChI is InChI=1S/C13H16O3/c1-15-12-4-2-10(3-5-12)8-11-9-16-7-6-13(11)14/h2-5,11H,6-9H2,1H3. The molecule has 16 heavy (non-hydrogen) atoms. The van der Waals surface area contributed by atoms with Crippen LogP contribution in [0.1, 0.15) is 12.0 Å². The van der Waals surface area contributed by atoms with Crippen molar-refractivity contribution in [1.82, 2.24) is 0 Å². The van der Waals surface area contributed by atoms with E-state index in [0.717, 1.165) is 17.7 Å². The van der Waals surface area contributed by atoms with Crippen LogP contribution in [0.15, 0.2) is 24.3 Å². The number of ketones is 1. The van der Waals surface area contributed by atoms with Crippen molar-refractivity contribution in [1.29, 1.82) is 0 Å². The molecule has 1 unspecified atom stereocenters. The Morgan fingerprint density at radius 2 is 2.12 bits per heavy atom. The van der Waals surface area contributed by atoms with Gasteiger partial charge >= 0.3 is 0 Å². The number of benzene rings is 1. The van der Waals surface area contributed by atoms with Gasteiger partial charge in [-0.25, -0.2) is 0 Å². The number of ether oxygens (including phenoxy) is 2. The number of carbonyl (C=O) groups excluding carboxylic acids is 1. The van der Waals surface area contributed by atoms with E-state index < -0.39 is 0 Å². The molecule has 1 aromatic carbocycles. The first-order valence-electron chi connectivity index (χ1n) is 5.53. The normalized spacial score (nSPS) is 20.8. The lowest BCUT2D eigenvalue weighted by Gasteiger charge is -2.20. The Kier molecular flexibility index (Phi) is 3.57. The molecule has 1 fully saturated rings. The smallest absolute Gasteiger partial charge is 0.140 e. The van der Waals surface area contributed by atoms with Crippen LogP contribution in [0.5, 0.6) is 5.75 Å². The molecule has 1 heterocycles. The van der Waals surface area contributed by atoms with Gasteiger partial charge in [-0.3, -0.25) is 4.79 Å². The van der Waals surface area contributed by atoms with Crippen molar-refractivity contribution in [3.63, 3.8) is 0 Å². The maximum absolute atomic E-state index is 11.6. The SMILES string of the molecule is COc1ccc(CC2COCCC2=O)cc1. The Hall–Kier alpha value is -1.35. The molecule has 0 aliphatic carbocycles. The average molecular weight is 220 g/mol. The lowest BCUT2D eigenvalue weighted by atomic mass is 9.93. The zero-order chi connectivity index (χ0) is 11.4. The summed E-state index contributed by atoms with van der Waals surface area (Å²) in [6.07, 6.45) is 1.32. The highest BCUT2D eigenvalue weighted by atomic mass is 16.5. The number of hydrogen-bond acceptors (Lipinski definition) is 3. The lowest BCUT2D eigenvalue weighted by Crippen LogP contribution is -2.29. The molecule has 1 aliphatic heterocycles. The quantitative estimate of drug-likeness (QED) is 0.779. The first-order chi connectivity index (χ1) is 7.79. The topological polar surface area (TPSA) is 35.5 Å².